The predicted octanol–water partition coefficient (Wildman–Crippen LogP) is 2.52. The summed E-state index contributed by atoms with van der Waals surface area (Å²) in [5.41, 5.74) is 1.15. The van der Waals surface area contributed by atoms with Gasteiger partial charge in [-0.05, 0) is 22.4 Å². The Labute approximate surface area is 71.1 Å². The van der Waals surface area contributed by atoms with Crippen LogP contribution in [0.25, 0.3) is 0 Å². The Morgan fingerprint density at radius 2 is 2.36 bits per heavy atom. The van der Waals surface area contributed by atoms with Crippen LogP contribution in [0.4, 0.5) is 0 Å². The van der Waals surface area contributed by atoms with Crippen LogP contribution in [0.15, 0.2) is 16.8 Å². The first kappa shape index (κ1) is 8.47. The van der Waals surface area contributed by atoms with Crippen LogP contribution in [-0.2, 0) is 11.2 Å². The van der Waals surface area contributed by atoms with Crippen LogP contribution in [-0.4, -0.2) is 5.78 Å². The lowest BCUT2D eigenvalue weighted by molar-refractivity contribution is -0.121. The number of ketones is 1. The Kier molecular flexibility index (Phi) is 2.83. The highest BCUT2D eigenvalue weighted by atomic mass is 32.1. The lowest BCUT2D eigenvalue weighted by Gasteiger charge is -2.00. The lowest BCUT2D eigenvalue weighted by atomic mass is 10.0. The van der Waals surface area contributed by atoms with Gasteiger partial charge < -0.3 is 0 Å². The van der Waals surface area contributed by atoms with Gasteiger partial charge in [0.25, 0.3) is 0 Å². The van der Waals surface area contributed by atoms with Crippen LogP contribution in [0, 0.1) is 5.92 Å². The molecular weight excluding hydrogens is 156 g/mol. The molecule has 0 fully saturated rings. The molecule has 0 N–H and O–H groups in total. The molecule has 0 aliphatic heterocycles. The van der Waals surface area contributed by atoms with E-state index in [0.29, 0.717) is 12.2 Å². The average Bonchev–Trinajstić information content (AvgIpc) is 2.39. The standard InChI is InChI=1S/C9H12OS/c1-7(2)9(10)5-8-3-4-11-6-8/h3-4,6-7H,5H2,1-2H3. The molecule has 0 unspecified atom stereocenters. The maximum Gasteiger partial charge on any atom is 0.139 e. The summed E-state index contributed by atoms with van der Waals surface area (Å²) in [6, 6.07) is 2.00. The molecule has 0 aliphatic carbocycles. The molecule has 0 aromatic carbocycles. The summed E-state index contributed by atoms with van der Waals surface area (Å²) in [5.74, 6) is 0.485. The maximum absolute atomic E-state index is 11.2. The summed E-state index contributed by atoms with van der Waals surface area (Å²) in [5, 5.41) is 4.03. The summed E-state index contributed by atoms with van der Waals surface area (Å²) < 4.78 is 0. The number of carbonyl (C=O) groups is 1. The van der Waals surface area contributed by atoms with Crippen molar-refractivity contribution in [3.63, 3.8) is 0 Å². The molecule has 0 saturated heterocycles. The third kappa shape index (κ3) is 2.46. The molecule has 0 radical (unpaired) electrons. The van der Waals surface area contributed by atoms with Gasteiger partial charge in [0.15, 0.2) is 0 Å². The van der Waals surface area contributed by atoms with E-state index in [-0.39, 0.29) is 5.92 Å². The summed E-state index contributed by atoms with van der Waals surface area (Å²) in [7, 11) is 0. The SMILES string of the molecule is CC(C)C(=O)Cc1ccsc1. The maximum atomic E-state index is 11.2. The number of carbonyl (C=O) groups excluding carboxylic acids is 1. The van der Waals surface area contributed by atoms with Gasteiger partial charge >= 0.3 is 0 Å². The Balaban J connectivity index is 2.50. The molecule has 1 aromatic rings. The Morgan fingerprint density at radius 3 is 2.82 bits per heavy atom. The van der Waals surface area contributed by atoms with Gasteiger partial charge in [0.1, 0.15) is 5.78 Å². The van der Waals surface area contributed by atoms with Gasteiger partial charge in [0.2, 0.25) is 0 Å². The third-order valence-corrected chi connectivity index (χ3v) is 2.33. The van der Waals surface area contributed by atoms with Crippen molar-refractivity contribution in [1.82, 2.24) is 0 Å². The monoisotopic (exact) mass is 168 g/mol. The highest BCUT2D eigenvalue weighted by Gasteiger charge is 2.07. The number of hydrogen-bond donors (Lipinski definition) is 0. The molecule has 0 amide bonds. The minimum Gasteiger partial charge on any atom is -0.299 e. The normalized spacial score (nSPS) is 10.5. The fraction of sp³-hybridized carbons (Fsp3) is 0.444. The van der Waals surface area contributed by atoms with Crippen LogP contribution >= 0.6 is 11.3 Å². The van der Waals surface area contributed by atoms with Crippen molar-refractivity contribution in [3.05, 3.63) is 22.4 Å². The molecule has 60 valence electrons. The van der Waals surface area contributed by atoms with E-state index in [0.717, 1.165) is 5.56 Å². The van der Waals surface area contributed by atoms with Crippen molar-refractivity contribution >= 4 is 17.1 Å². The molecule has 0 aliphatic rings. The minimum atomic E-state index is 0.162. The van der Waals surface area contributed by atoms with E-state index in [1.807, 2.05) is 30.7 Å². The summed E-state index contributed by atoms with van der Waals surface area (Å²) in [6.07, 6.45) is 0.598. The molecule has 2 heteroatoms. The van der Waals surface area contributed by atoms with Gasteiger partial charge in [-0.3, -0.25) is 4.79 Å². The second-order valence-electron chi connectivity index (χ2n) is 2.93. The Hall–Kier alpha value is -0.630. The van der Waals surface area contributed by atoms with E-state index in [1.165, 1.54) is 0 Å². The molecule has 1 nitrogen and oxygen atoms in total. The van der Waals surface area contributed by atoms with Gasteiger partial charge in [0, 0.05) is 12.3 Å². The smallest absolute Gasteiger partial charge is 0.139 e. The topological polar surface area (TPSA) is 17.1 Å². The molecule has 11 heavy (non-hydrogen) atoms. The van der Waals surface area contributed by atoms with Crippen LogP contribution in [0.5, 0.6) is 0 Å². The van der Waals surface area contributed by atoms with Crippen molar-refractivity contribution in [2.45, 2.75) is 20.3 Å². The van der Waals surface area contributed by atoms with Crippen molar-refractivity contribution in [1.29, 1.82) is 0 Å². The molecule has 0 spiro atoms. The summed E-state index contributed by atoms with van der Waals surface area (Å²) >= 11 is 1.64. The molecule has 0 bridgehead atoms. The van der Waals surface area contributed by atoms with E-state index in [4.69, 9.17) is 0 Å². The van der Waals surface area contributed by atoms with Crippen molar-refractivity contribution < 1.29 is 4.79 Å². The van der Waals surface area contributed by atoms with Crippen LogP contribution < -0.4 is 0 Å². The van der Waals surface area contributed by atoms with Crippen molar-refractivity contribution in [2.24, 2.45) is 5.92 Å². The molecule has 1 rings (SSSR count). The van der Waals surface area contributed by atoms with Crippen molar-refractivity contribution in [3.8, 4) is 0 Å². The third-order valence-electron chi connectivity index (χ3n) is 1.60. The summed E-state index contributed by atoms with van der Waals surface area (Å²) in [4.78, 5) is 11.2. The molecule has 1 heterocycles. The van der Waals surface area contributed by atoms with Gasteiger partial charge in [-0.25, -0.2) is 0 Å². The quantitative estimate of drug-likeness (QED) is 0.677. The zero-order valence-electron chi connectivity index (χ0n) is 6.83. The van der Waals surface area contributed by atoms with E-state index in [9.17, 15) is 4.79 Å². The highest BCUT2D eigenvalue weighted by Crippen LogP contribution is 2.09. The molecule has 0 saturated carbocycles. The zero-order chi connectivity index (χ0) is 8.27. The average molecular weight is 168 g/mol. The second-order valence-corrected chi connectivity index (χ2v) is 3.71. The van der Waals surface area contributed by atoms with Gasteiger partial charge in [-0.15, -0.1) is 0 Å². The van der Waals surface area contributed by atoms with Gasteiger partial charge in [0.05, 0.1) is 0 Å². The number of thiophene rings is 1. The minimum absolute atomic E-state index is 0.162. The van der Waals surface area contributed by atoms with E-state index < -0.39 is 0 Å². The van der Waals surface area contributed by atoms with Crippen molar-refractivity contribution in [2.75, 3.05) is 0 Å². The van der Waals surface area contributed by atoms with E-state index in [1.54, 1.807) is 11.3 Å². The van der Waals surface area contributed by atoms with Crippen LogP contribution in [0.3, 0.4) is 0 Å². The van der Waals surface area contributed by atoms with E-state index in [2.05, 4.69) is 0 Å². The van der Waals surface area contributed by atoms with Crippen LogP contribution in [0.2, 0.25) is 0 Å². The zero-order valence-corrected chi connectivity index (χ0v) is 7.65. The first-order chi connectivity index (χ1) is 5.20. The fourth-order valence-corrected chi connectivity index (χ4v) is 1.47. The molecule has 1 aromatic heterocycles. The molecule has 0 atom stereocenters. The lowest BCUT2D eigenvalue weighted by Crippen LogP contribution is -2.09. The largest absolute Gasteiger partial charge is 0.299 e. The number of rotatable bonds is 3. The molecular formula is C9H12OS. The summed E-state index contributed by atoms with van der Waals surface area (Å²) in [6.45, 7) is 3.88. The first-order valence-electron chi connectivity index (χ1n) is 3.74. The van der Waals surface area contributed by atoms with Gasteiger partial charge in [-0.1, -0.05) is 13.8 Å². The Bertz CT molecular complexity index is 224. The predicted molar refractivity (Wildman–Crippen MR) is 47.9 cm³/mol. The van der Waals surface area contributed by atoms with E-state index >= 15 is 0 Å². The number of hydrogen-bond acceptors (Lipinski definition) is 2. The number of Topliss-reactive ketones (excluding diaryl/α,β-unsaturated/α-hetero) is 1. The second kappa shape index (κ2) is 3.67. The fourth-order valence-electron chi connectivity index (χ4n) is 0.799. The van der Waals surface area contributed by atoms with Gasteiger partial charge in [-0.2, -0.15) is 11.3 Å². The first-order valence-corrected chi connectivity index (χ1v) is 4.68. The highest BCUT2D eigenvalue weighted by molar-refractivity contribution is 7.07. The Morgan fingerprint density at radius 1 is 1.64 bits per heavy atom. The van der Waals surface area contributed by atoms with Crippen LogP contribution in [0.1, 0.15) is 19.4 Å².